The summed E-state index contributed by atoms with van der Waals surface area (Å²) in [6.07, 6.45) is -0.946. The fraction of sp³-hybridized carbons (Fsp3) is 0.467. The molecular weight excluding hydrogens is 318 g/mol. The van der Waals surface area contributed by atoms with E-state index in [2.05, 4.69) is 5.32 Å². The molecule has 2 amide bonds. The molecule has 1 saturated heterocycles. The Morgan fingerprint density at radius 2 is 2.29 bits per heavy atom. The second-order valence-corrected chi connectivity index (χ2v) is 5.17. The van der Waals surface area contributed by atoms with E-state index >= 15 is 0 Å². The number of nitrogens with one attached hydrogen (secondary N) is 1. The Bertz CT molecular complexity index is 648. The summed E-state index contributed by atoms with van der Waals surface area (Å²) in [5.41, 5.74) is 0.151. The SMILES string of the molecule is CCN1CCOC(CC(=O)Nc2ccc([N+](=O)[O-])cc2OC)C1=O. The first-order chi connectivity index (χ1) is 11.5. The van der Waals surface area contributed by atoms with Crippen molar-refractivity contribution in [2.75, 3.05) is 32.1 Å². The first kappa shape index (κ1) is 17.7. The molecule has 0 aromatic heterocycles. The lowest BCUT2D eigenvalue weighted by atomic mass is 10.1. The quantitative estimate of drug-likeness (QED) is 0.616. The van der Waals surface area contributed by atoms with Crippen molar-refractivity contribution in [2.24, 2.45) is 0 Å². The standard InChI is InChI=1S/C15H19N3O6/c1-3-17-6-7-24-13(15(17)20)9-14(19)16-11-5-4-10(18(21)22)8-12(11)23-2/h4-5,8,13H,3,6-7,9H2,1-2H3,(H,16,19). The predicted octanol–water partition coefficient (Wildman–Crippen LogP) is 1.18. The maximum Gasteiger partial charge on any atom is 0.273 e. The van der Waals surface area contributed by atoms with Gasteiger partial charge in [0.15, 0.2) is 0 Å². The highest BCUT2D eigenvalue weighted by Gasteiger charge is 2.30. The fourth-order valence-corrected chi connectivity index (χ4v) is 2.42. The van der Waals surface area contributed by atoms with Crippen molar-refractivity contribution in [2.45, 2.75) is 19.4 Å². The molecular formula is C15H19N3O6. The van der Waals surface area contributed by atoms with E-state index in [9.17, 15) is 19.7 Å². The van der Waals surface area contributed by atoms with Crippen LogP contribution in [0.5, 0.6) is 5.75 Å². The van der Waals surface area contributed by atoms with Gasteiger partial charge in [0.2, 0.25) is 5.91 Å². The minimum Gasteiger partial charge on any atom is -0.494 e. The van der Waals surface area contributed by atoms with Crippen molar-refractivity contribution in [1.29, 1.82) is 0 Å². The van der Waals surface area contributed by atoms with Gasteiger partial charge >= 0.3 is 0 Å². The van der Waals surface area contributed by atoms with Crippen LogP contribution in [0, 0.1) is 10.1 Å². The molecule has 2 rings (SSSR count). The number of carbonyl (C=O) groups is 2. The van der Waals surface area contributed by atoms with E-state index in [-0.39, 0.29) is 23.8 Å². The minimum atomic E-state index is -0.817. The molecule has 1 fully saturated rings. The molecule has 0 aliphatic carbocycles. The van der Waals surface area contributed by atoms with Crippen LogP contribution in [0.4, 0.5) is 11.4 Å². The number of morpholine rings is 1. The average Bonchev–Trinajstić information content (AvgIpc) is 2.56. The summed E-state index contributed by atoms with van der Waals surface area (Å²) in [7, 11) is 1.35. The number of ether oxygens (including phenoxy) is 2. The maximum atomic E-state index is 12.2. The van der Waals surface area contributed by atoms with E-state index in [1.807, 2.05) is 6.92 Å². The highest BCUT2D eigenvalue weighted by atomic mass is 16.6. The van der Waals surface area contributed by atoms with E-state index in [1.165, 1.54) is 25.3 Å². The largest absolute Gasteiger partial charge is 0.494 e. The Hall–Kier alpha value is -2.68. The van der Waals surface area contributed by atoms with Crippen molar-refractivity contribution in [3.63, 3.8) is 0 Å². The van der Waals surface area contributed by atoms with Crippen LogP contribution in [0.3, 0.4) is 0 Å². The highest BCUT2D eigenvalue weighted by molar-refractivity contribution is 5.96. The van der Waals surface area contributed by atoms with Crippen LogP contribution in [0.2, 0.25) is 0 Å². The number of nitro groups is 1. The summed E-state index contributed by atoms with van der Waals surface area (Å²) in [5, 5.41) is 13.4. The second kappa shape index (κ2) is 7.73. The molecule has 0 radical (unpaired) electrons. The van der Waals surface area contributed by atoms with E-state index in [4.69, 9.17) is 9.47 Å². The third-order valence-electron chi connectivity index (χ3n) is 3.69. The summed E-state index contributed by atoms with van der Waals surface area (Å²) in [6.45, 7) is 3.33. The van der Waals surface area contributed by atoms with Gasteiger partial charge in [0, 0.05) is 19.2 Å². The van der Waals surface area contributed by atoms with Crippen LogP contribution in [-0.2, 0) is 14.3 Å². The van der Waals surface area contributed by atoms with Crippen molar-refractivity contribution >= 4 is 23.2 Å². The van der Waals surface area contributed by atoms with E-state index in [1.54, 1.807) is 4.90 Å². The lowest BCUT2D eigenvalue weighted by Crippen LogP contribution is -2.48. The average molecular weight is 337 g/mol. The number of amides is 2. The molecule has 24 heavy (non-hydrogen) atoms. The topological polar surface area (TPSA) is 111 Å². The Labute approximate surface area is 138 Å². The smallest absolute Gasteiger partial charge is 0.273 e. The molecule has 1 heterocycles. The number of methoxy groups -OCH3 is 1. The summed E-state index contributed by atoms with van der Waals surface area (Å²) in [5.74, 6) is -0.475. The number of hydrogen-bond acceptors (Lipinski definition) is 6. The van der Waals surface area contributed by atoms with Gasteiger partial charge in [-0.2, -0.15) is 0 Å². The molecule has 1 aliphatic rings. The number of carbonyl (C=O) groups excluding carboxylic acids is 2. The van der Waals surface area contributed by atoms with E-state index < -0.39 is 16.9 Å². The van der Waals surface area contributed by atoms with Crippen LogP contribution in [-0.4, -0.2) is 54.5 Å². The van der Waals surface area contributed by atoms with Crippen molar-refractivity contribution in [1.82, 2.24) is 4.90 Å². The van der Waals surface area contributed by atoms with Gasteiger partial charge in [0.1, 0.15) is 11.9 Å². The number of anilines is 1. The summed E-state index contributed by atoms with van der Waals surface area (Å²) >= 11 is 0. The lowest BCUT2D eigenvalue weighted by molar-refractivity contribution is -0.384. The van der Waals surface area contributed by atoms with E-state index in [0.29, 0.717) is 25.4 Å². The van der Waals surface area contributed by atoms with Crippen molar-refractivity contribution < 1.29 is 24.0 Å². The van der Waals surface area contributed by atoms with Crippen molar-refractivity contribution in [3.8, 4) is 5.75 Å². The van der Waals surface area contributed by atoms with Crippen LogP contribution in [0.15, 0.2) is 18.2 Å². The zero-order valence-electron chi connectivity index (χ0n) is 13.5. The number of likely N-dealkylation sites (N-methyl/N-ethyl adjacent to an activating group) is 1. The Balaban J connectivity index is 2.04. The third-order valence-corrected chi connectivity index (χ3v) is 3.69. The molecule has 9 nitrogen and oxygen atoms in total. The first-order valence-corrected chi connectivity index (χ1v) is 7.49. The minimum absolute atomic E-state index is 0.129. The number of nitrogens with zero attached hydrogens (tertiary/aromatic N) is 2. The maximum absolute atomic E-state index is 12.2. The van der Waals surface area contributed by atoms with Gasteiger partial charge in [-0.15, -0.1) is 0 Å². The van der Waals surface area contributed by atoms with Crippen LogP contribution in [0.1, 0.15) is 13.3 Å². The fourth-order valence-electron chi connectivity index (χ4n) is 2.42. The summed E-state index contributed by atoms with van der Waals surface area (Å²) < 4.78 is 10.4. The lowest BCUT2D eigenvalue weighted by Gasteiger charge is -2.31. The molecule has 0 spiro atoms. The molecule has 1 aromatic carbocycles. The molecule has 1 unspecified atom stereocenters. The van der Waals surface area contributed by atoms with Crippen LogP contribution < -0.4 is 10.1 Å². The van der Waals surface area contributed by atoms with E-state index in [0.717, 1.165) is 0 Å². The molecule has 1 aromatic rings. The summed E-state index contributed by atoms with van der Waals surface area (Å²) in [4.78, 5) is 36.1. The number of nitro benzene ring substituents is 1. The molecule has 130 valence electrons. The summed E-state index contributed by atoms with van der Waals surface area (Å²) in [6, 6.07) is 3.87. The van der Waals surface area contributed by atoms with Gasteiger partial charge in [-0.1, -0.05) is 0 Å². The van der Waals surface area contributed by atoms with Gasteiger partial charge < -0.3 is 19.7 Å². The number of non-ortho nitro benzene ring substituents is 1. The van der Waals surface area contributed by atoms with Gasteiger partial charge in [0.05, 0.1) is 36.8 Å². The third kappa shape index (κ3) is 3.99. The zero-order chi connectivity index (χ0) is 17.7. The van der Waals surface area contributed by atoms with Crippen LogP contribution in [0.25, 0.3) is 0 Å². The first-order valence-electron chi connectivity index (χ1n) is 7.49. The second-order valence-electron chi connectivity index (χ2n) is 5.17. The zero-order valence-corrected chi connectivity index (χ0v) is 13.5. The molecule has 1 aliphatic heterocycles. The molecule has 1 N–H and O–H groups in total. The van der Waals surface area contributed by atoms with Gasteiger partial charge in [0.25, 0.3) is 11.6 Å². The van der Waals surface area contributed by atoms with Gasteiger partial charge in [-0.3, -0.25) is 19.7 Å². The van der Waals surface area contributed by atoms with Crippen molar-refractivity contribution in [3.05, 3.63) is 28.3 Å². The van der Waals surface area contributed by atoms with Crippen LogP contribution >= 0.6 is 0 Å². The number of rotatable bonds is 6. The Kier molecular flexibility index (Phi) is 5.69. The molecule has 9 heteroatoms. The molecule has 1 atom stereocenters. The highest BCUT2D eigenvalue weighted by Crippen LogP contribution is 2.29. The van der Waals surface area contributed by atoms with Gasteiger partial charge in [-0.25, -0.2) is 0 Å². The monoisotopic (exact) mass is 337 g/mol. The molecule has 0 bridgehead atoms. The Morgan fingerprint density at radius 3 is 2.92 bits per heavy atom. The number of hydrogen-bond donors (Lipinski definition) is 1. The predicted molar refractivity (Wildman–Crippen MR) is 84.9 cm³/mol. The molecule has 0 saturated carbocycles. The van der Waals surface area contributed by atoms with Gasteiger partial charge in [-0.05, 0) is 13.0 Å². The normalized spacial score (nSPS) is 17.5. The number of benzene rings is 1. The Morgan fingerprint density at radius 1 is 1.54 bits per heavy atom.